The molecule has 0 saturated carbocycles. The van der Waals surface area contributed by atoms with Gasteiger partial charge in [0.25, 0.3) is 11.5 Å². The molecule has 1 N–H and O–H groups in total. The molecular weight excluding hydrogens is 259 g/mol. The molecule has 0 unspecified atom stereocenters. The van der Waals surface area contributed by atoms with E-state index in [0.29, 0.717) is 5.02 Å². The molecule has 1 aromatic rings. The zero-order valence-electron chi connectivity index (χ0n) is 8.34. The van der Waals surface area contributed by atoms with E-state index >= 15 is 0 Å². The van der Waals surface area contributed by atoms with Gasteiger partial charge in [0.2, 0.25) is 0 Å². The fourth-order valence-corrected chi connectivity index (χ4v) is 1.48. The summed E-state index contributed by atoms with van der Waals surface area (Å²) in [5.74, 6) is -1.23. The number of rotatable bonds is 2. The lowest BCUT2D eigenvalue weighted by atomic mass is 10.1. The molecule has 1 atom stereocenters. The molecular formula is C10H7ClF3NO2. The number of anilines is 1. The molecule has 0 aliphatic carbocycles. The normalized spacial score (nSPS) is 23.3. The highest BCUT2D eigenvalue weighted by Crippen LogP contribution is 2.44. The third kappa shape index (κ3) is 2.23. The molecule has 1 amide bonds. The fraction of sp³-hybridized carbons (Fsp3) is 0.300. The van der Waals surface area contributed by atoms with Crippen LogP contribution in [0.15, 0.2) is 24.3 Å². The Labute approximate surface area is 99.5 Å². The molecule has 1 aliphatic heterocycles. The minimum absolute atomic E-state index is 0.196. The van der Waals surface area contributed by atoms with Gasteiger partial charge in [0.1, 0.15) is 0 Å². The van der Waals surface area contributed by atoms with Crippen molar-refractivity contribution in [2.24, 2.45) is 0 Å². The van der Waals surface area contributed by atoms with Crippen LogP contribution in [0.5, 0.6) is 0 Å². The molecule has 1 heterocycles. The van der Waals surface area contributed by atoms with Gasteiger partial charge in [-0.15, -0.1) is 0 Å². The highest BCUT2D eigenvalue weighted by Gasteiger charge is 2.71. The average molecular weight is 266 g/mol. The molecule has 0 spiro atoms. The predicted octanol–water partition coefficient (Wildman–Crippen LogP) is 2.61. The topological polar surface area (TPSA) is 41.6 Å². The van der Waals surface area contributed by atoms with Crippen molar-refractivity contribution in [3.8, 4) is 0 Å². The van der Waals surface area contributed by atoms with E-state index in [2.05, 4.69) is 10.1 Å². The van der Waals surface area contributed by atoms with E-state index in [0.717, 1.165) is 0 Å². The summed E-state index contributed by atoms with van der Waals surface area (Å²) in [6.07, 6.45) is -4.71. The number of ether oxygens (including phenoxy) is 1. The van der Waals surface area contributed by atoms with E-state index in [9.17, 15) is 18.0 Å². The second-order valence-corrected chi connectivity index (χ2v) is 4.01. The molecule has 2 rings (SSSR count). The van der Waals surface area contributed by atoms with E-state index in [1.165, 1.54) is 18.2 Å². The largest absolute Gasteiger partial charge is 0.429 e. The first-order valence-electron chi connectivity index (χ1n) is 4.63. The summed E-state index contributed by atoms with van der Waals surface area (Å²) in [5.41, 5.74) is -2.50. The summed E-state index contributed by atoms with van der Waals surface area (Å²) >= 11 is 5.64. The van der Waals surface area contributed by atoms with Gasteiger partial charge in [-0.3, -0.25) is 4.79 Å². The van der Waals surface area contributed by atoms with Crippen molar-refractivity contribution in [3.05, 3.63) is 29.3 Å². The molecule has 1 saturated heterocycles. The number of benzene rings is 1. The van der Waals surface area contributed by atoms with Crippen LogP contribution in [-0.4, -0.2) is 24.3 Å². The average Bonchev–Trinajstić information content (AvgIpc) is 2.96. The van der Waals surface area contributed by atoms with Gasteiger partial charge in [-0.05, 0) is 18.2 Å². The van der Waals surface area contributed by atoms with Gasteiger partial charge in [0.15, 0.2) is 0 Å². The number of epoxide rings is 1. The minimum atomic E-state index is -4.71. The van der Waals surface area contributed by atoms with Crippen LogP contribution in [0.4, 0.5) is 18.9 Å². The van der Waals surface area contributed by atoms with Crippen LogP contribution in [0.25, 0.3) is 0 Å². The molecule has 1 aromatic carbocycles. The third-order valence-electron chi connectivity index (χ3n) is 2.34. The first kappa shape index (κ1) is 12.2. The number of hydrogen-bond donors (Lipinski definition) is 1. The van der Waals surface area contributed by atoms with Crippen LogP contribution < -0.4 is 5.32 Å². The van der Waals surface area contributed by atoms with Gasteiger partial charge in [-0.25, -0.2) is 0 Å². The monoisotopic (exact) mass is 265 g/mol. The maximum Gasteiger partial charge on any atom is 0.429 e. The molecule has 1 fully saturated rings. The Morgan fingerprint density at radius 3 is 2.59 bits per heavy atom. The zero-order chi connectivity index (χ0) is 12.7. The number of carbonyl (C=O) groups excluding carboxylic acids is 1. The summed E-state index contributed by atoms with van der Waals surface area (Å²) < 4.78 is 41.8. The second kappa shape index (κ2) is 3.89. The summed E-state index contributed by atoms with van der Waals surface area (Å²) in [7, 11) is 0. The SMILES string of the molecule is O=C(Nc1cccc(Cl)c1)[C@@]1(C(F)(F)F)CO1. The number of alkyl halides is 3. The maximum atomic E-state index is 12.5. The Morgan fingerprint density at radius 2 is 2.12 bits per heavy atom. The first-order valence-corrected chi connectivity index (χ1v) is 5.01. The summed E-state index contributed by atoms with van der Waals surface area (Å²) in [5, 5.41) is 2.44. The van der Waals surface area contributed by atoms with Crippen molar-refractivity contribution in [1.29, 1.82) is 0 Å². The van der Waals surface area contributed by atoms with Crippen LogP contribution in [0.3, 0.4) is 0 Å². The molecule has 17 heavy (non-hydrogen) atoms. The predicted molar refractivity (Wildman–Crippen MR) is 54.8 cm³/mol. The van der Waals surface area contributed by atoms with Crippen molar-refractivity contribution in [2.45, 2.75) is 11.8 Å². The van der Waals surface area contributed by atoms with Gasteiger partial charge < -0.3 is 10.1 Å². The highest BCUT2D eigenvalue weighted by atomic mass is 35.5. The zero-order valence-corrected chi connectivity index (χ0v) is 9.10. The summed E-state index contributed by atoms with van der Waals surface area (Å²) in [6, 6.07) is 5.86. The summed E-state index contributed by atoms with van der Waals surface area (Å²) in [6.45, 7) is -0.650. The smallest absolute Gasteiger partial charge is 0.351 e. The maximum absolute atomic E-state index is 12.5. The van der Waals surface area contributed by atoms with Gasteiger partial charge >= 0.3 is 6.18 Å². The van der Waals surface area contributed by atoms with Gasteiger partial charge in [-0.1, -0.05) is 17.7 Å². The number of nitrogens with one attached hydrogen (secondary N) is 1. The van der Waals surface area contributed by atoms with Gasteiger partial charge in [0.05, 0.1) is 6.61 Å². The first-order chi connectivity index (χ1) is 7.85. The number of carbonyl (C=O) groups is 1. The molecule has 0 aromatic heterocycles. The van der Waals surface area contributed by atoms with Crippen molar-refractivity contribution >= 4 is 23.2 Å². The van der Waals surface area contributed by atoms with Gasteiger partial charge in [-0.2, -0.15) is 13.2 Å². The van der Waals surface area contributed by atoms with E-state index in [4.69, 9.17) is 11.6 Å². The van der Waals surface area contributed by atoms with Crippen molar-refractivity contribution in [2.75, 3.05) is 11.9 Å². The molecule has 3 nitrogen and oxygen atoms in total. The minimum Gasteiger partial charge on any atom is -0.351 e. The Morgan fingerprint density at radius 1 is 1.47 bits per heavy atom. The highest BCUT2D eigenvalue weighted by molar-refractivity contribution is 6.30. The molecule has 1 aliphatic rings. The fourth-order valence-electron chi connectivity index (χ4n) is 1.29. The number of amides is 1. The number of hydrogen-bond acceptors (Lipinski definition) is 2. The van der Waals surface area contributed by atoms with Crippen LogP contribution in [0, 0.1) is 0 Å². The quantitative estimate of drug-likeness (QED) is 0.835. The van der Waals surface area contributed by atoms with Crippen molar-refractivity contribution < 1.29 is 22.7 Å². The van der Waals surface area contributed by atoms with Crippen molar-refractivity contribution in [1.82, 2.24) is 0 Å². The lowest BCUT2D eigenvalue weighted by Gasteiger charge is -2.15. The Kier molecular flexibility index (Phi) is 2.79. The molecule has 0 bridgehead atoms. The van der Waals surface area contributed by atoms with Crippen molar-refractivity contribution in [3.63, 3.8) is 0 Å². The van der Waals surface area contributed by atoms with Crippen LogP contribution in [0.2, 0.25) is 5.02 Å². The van der Waals surface area contributed by atoms with Gasteiger partial charge in [0, 0.05) is 10.7 Å². The molecule has 0 radical (unpaired) electrons. The second-order valence-electron chi connectivity index (χ2n) is 3.58. The Balaban J connectivity index is 2.13. The number of halogens is 4. The Hall–Kier alpha value is -1.27. The Bertz CT molecular complexity index is 457. The van der Waals surface area contributed by atoms with E-state index in [1.807, 2.05) is 0 Å². The third-order valence-corrected chi connectivity index (χ3v) is 2.58. The standard InChI is InChI=1S/C10H7ClF3NO2/c11-6-2-1-3-7(4-6)15-8(16)9(5-17-9)10(12,13)14/h1-4H,5H2,(H,15,16)/t9-/m1/s1. The molecule has 92 valence electrons. The van der Waals surface area contributed by atoms with Crippen LogP contribution in [0.1, 0.15) is 0 Å². The van der Waals surface area contributed by atoms with E-state index in [1.54, 1.807) is 6.07 Å². The van der Waals surface area contributed by atoms with Crippen LogP contribution >= 0.6 is 11.6 Å². The van der Waals surface area contributed by atoms with Crippen LogP contribution in [-0.2, 0) is 9.53 Å². The molecule has 7 heteroatoms. The lowest BCUT2D eigenvalue weighted by molar-refractivity contribution is -0.186. The van der Waals surface area contributed by atoms with E-state index < -0.39 is 24.3 Å². The summed E-state index contributed by atoms with van der Waals surface area (Å²) in [4.78, 5) is 11.5. The van der Waals surface area contributed by atoms with E-state index in [-0.39, 0.29) is 5.69 Å². The lowest BCUT2D eigenvalue weighted by Crippen LogP contribution is -2.44.